The Morgan fingerprint density at radius 1 is 1.07 bits per heavy atom. The molecular weight excluding hydrogens is 382 g/mol. The maximum Gasteiger partial charge on any atom is 0.273 e. The normalized spacial score (nSPS) is 13.2. The lowest BCUT2D eigenvalue weighted by atomic mass is 10.1. The summed E-state index contributed by atoms with van der Waals surface area (Å²) < 4.78 is 10.7. The number of benzene rings is 1. The molecule has 3 aromatic rings. The van der Waals surface area contributed by atoms with E-state index in [1.54, 1.807) is 23.3 Å². The molecule has 0 bridgehead atoms. The number of hydrogen-bond donors (Lipinski definition) is 1. The first-order valence-electron chi connectivity index (χ1n) is 10.3. The summed E-state index contributed by atoms with van der Waals surface area (Å²) in [7, 11) is 0. The van der Waals surface area contributed by atoms with Crippen molar-refractivity contribution in [1.82, 2.24) is 15.4 Å². The molecule has 1 aliphatic rings. The monoisotopic (exact) mass is 407 g/mol. The number of amides is 2. The van der Waals surface area contributed by atoms with Gasteiger partial charge in [-0.05, 0) is 42.9 Å². The third-order valence-electron chi connectivity index (χ3n) is 5.14. The summed E-state index contributed by atoms with van der Waals surface area (Å²) in [6.07, 6.45) is 4.93. The van der Waals surface area contributed by atoms with E-state index in [0.717, 1.165) is 18.4 Å². The number of hydrogen-bond acceptors (Lipinski definition) is 5. The Hall–Kier alpha value is -3.35. The number of carbonyl (C=O) groups excluding carboxylic acids is 2. The number of nitrogens with zero attached hydrogens (tertiary/aromatic N) is 2. The van der Waals surface area contributed by atoms with Crippen LogP contribution in [0.2, 0.25) is 0 Å². The Labute approximate surface area is 175 Å². The first-order chi connectivity index (χ1) is 14.7. The van der Waals surface area contributed by atoms with Gasteiger partial charge in [0.1, 0.15) is 5.76 Å². The Morgan fingerprint density at radius 3 is 2.60 bits per heavy atom. The van der Waals surface area contributed by atoms with Crippen LogP contribution in [0.25, 0.3) is 0 Å². The molecule has 7 heteroatoms. The number of aryl methyl sites for hydroxylation is 1. The summed E-state index contributed by atoms with van der Waals surface area (Å²) >= 11 is 0. The van der Waals surface area contributed by atoms with Crippen LogP contribution >= 0.6 is 0 Å². The Balaban J connectivity index is 1.39. The van der Waals surface area contributed by atoms with Crippen LogP contribution in [0.15, 0.2) is 63.7 Å². The van der Waals surface area contributed by atoms with E-state index < -0.39 is 0 Å². The van der Waals surface area contributed by atoms with Crippen LogP contribution in [0.1, 0.15) is 46.8 Å². The zero-order valence-electron chi connectivity index (χ0n) is 16.8. The van der Waals surface area contributed by atoms with Gasteiger partial charge in [-0.2, -0.15) is 0 Å². The average Bonchev–Trinajstić information content (AvgIpc) is 3.23. The molecule has 1 aromatic carbocycles. The topological polar surface area (TPSA) is 88.6 Å². The number of aromatic nitrogens is 1. The van der Waals surface area contributed by atoms with Crippen molar-refractivity contribution in [1.29, 1.82) is 0 Å². The van der Waals surface area contributed by atoms with Crippen LogP contribution < -0.4 is 5.32 Å². The van der Waals surface area contributed by atoms with E-state index >= 15 is 0 Å². The van der Waals surface area contributed by atoms with Crippen molar-refractivity contribution in [3.63, 3.8) is 0 Å². The van der Waals surface area contributed by atoms with Gasteiger partial charge < -0.3 is 19.2 Å². The highest BCUT2D eigenvalue weighted by Gasteiger charge is 2.23. The minimum absolute atomic E-state index is 0.0219. The van der Waals surface area contributed by atoms with Crippen molar-refractivity contribution in [3.05, 3.63) is 77.6 Å². The quantitative estimate of drug-likeness (QED) is 0.555. The zero-order valence-corrected chi connectivity index (χ0v) is 16.8. The van der Waals surface area contributed by atoms with Crippen LogP contribution in [0.5, 0.6) is 0 Å². The maximum atomic E-state index is 12.9. The lowest BCUT2D eigenvalue weighted by Crippen LogP contribution is -2.30. The van der Waals surface area contributed by atoms with Crippen molar-refractivity contribution in [2.24, 2.45) is 5.92 Å². The molecule has 0 unspecified atom stereocenters. The van der Waals surface area contributed by atoms with E-state index in [9.17, 15) is 9.59 Å². The van der Waals surface area contributed by atoms with Crippen molar-refractivity contribution >= 4 is 11.8 Å². The molecule has 0 spiro atoms. The van der Waals surface area contributed by atoms with Gasteiger partial charge in [0.25, 0.3) is 5.91 Å². The molecule has 0 aliphatic heterocycles. The third-order valence-corrected chi connectivity index (χ3v) is 5.14. The fourth-order valence-electron chi connectivity index (χ4n) is 3.21. The van der Waals surface area contributed by atoms with Crippen molar-refractivity contribution in [3.8, 4) is 0 Å². The van der Waals surface area contributed by atoms with Crippen LogP contribution in [-0.4, -0.2) is 28.4 Å². The first-order valence-corrected chi connectivity index (χ1v) is 10.3. The Bertz CT molecular complexity index is 962. The second-order valence-electron chi connectivity index (χ2n) is 7.65. The van der Waals surface area contributed by atoms with Crippen molar-refractivity contribution < 1.29 is 18.5 Å². The summed E-state index contributed by atoms with van der Waals surface area (Å²) in [6, 6.07) is 15.1. The number of furan rings is 1. The molecule has 30 heavy (non-hydrogen) atoms. The molecular formula is C23H25N3O4. The molecule has 1 aliphatic carbocycles. The van der Waals surface area contributed by atoms with Gasteiger partial charge in [0, 0.05) is 19.0 Å². The molecule has 2 amide bonds. The second kappa shape index (κ2) is 9.43. The molecule has 4 rings (SSSR count). The molecule has 2 heterocycles. The lowest BCUT2D eigenvalue weighted by molar-refractivity contribution is -0.133. The summed E-state index contributed by atoms with van der Waals surface area (Å²) in [4.78, 5) is 26.8. The minimum atomic E-state index is -0.245. The van der Waals surface area contributed by atoms with Gasteiger partial charge in [0.2, 0.25) is 5.91 Å². The van der Waals surface area contributed by atoms with E-state index in [1.165, 1.54) is 0 Å². The SMILES string of the molecule is O=C(NCC1CC1)c1cc(CN(Cc2ccco2)C(=O)CCc2ccccc2)on1. The summed E-state index contributed by atoms with van der Waals surface area (Å²) in [5, 5.41) is 6.74. The predicted molar refractivity (Wildman–Crippen MR) is 109 cm³/mol. The van der Waals surface area contributed by atoms with Gasteiger partial charge in [-0.1, -0.05) is 35.5 Å². The van der Waals surface area contributed by atoms with E-state index in [4.69, 9.17) is 8.94 Å². The molecule has 156 valence electrons. The number of carbonyl (C=O) groups is 2. The fourth-order valence-corrected chi connectivity index (χ4v) is 3.21. The van der Waals surface area contributed by atoms with Crippen LogP contribution in [-0.2, 0) is 24.3 Å². The summed E-state index contributed by atoms with van der Waals surface area (Å²) in [5.41, 5.74) is 1.35. The fraction of sp³-hybridized carbons (Fsp3) is 0.348. The van der Waals surface area contributed by atoms with Gasteiger partial charge >= 0.3 is 0 Å². The van der Waals surface area contributed by atoms with E-state index in [-0.39, 0.29) is 24.1 Å². The van der Waals surface area contributed by atoms with E-state index in [1.807, 2.05) is 36.4 Å². The van der Waals surface area contributed by atoms with Gasteiger partial charge in [0.05, 0.1) is 19.4 Å². The maximum absolute atomic E-state index is 12.9. The highest BCUT2D eigenvalue weighted by molar-refractivity contribution is 5.92. The highest BCUT2D eigenvalue weighted by Crippen LogP contribution is 2.27. The summed E-state index contributed by atoms with van der Waals surface area (Å²) in [5.74, 6) is 1.47. The van der Waals surface area contributed by atoms with Gasteiger partial charge in [-0.25, -0.2) is 0 Å². The van der Waals surface area contributed by atoms with Crippen LogP contribution in [0.3, 0.4) is 0 Å². The standard InChI is InChI=1S/C23H25N3O4/c27-22(11-10-17-5-2-1-3-6-17)26(15-19-7-4-12-29-19)16-20-13-21(25-30-20)23(28)24-14-18-8-9-18/h1-7,12-13,18H,8-11,14-16H2,(H,24,28). The lowest BCUT2D eigenvalue weighted by Gasteiger charge is -2.20. The predicted octanol–water partition coefficient (Wildman–Crippen LogP) is 3.57. The molecule has 1 N–H and O–H groups in total. The minimum Gasteiger partial charge on any atom is -0.467 e. The molecule has 2 aromatic heterocycles. The van der Waals surface area contributed by atoms with E-state index in [2.05, 4.69) is 10.5 Å². The molecule has 0 radical (unpaired) electrons. The Morgan fingerprint density at radius 2 is 1.87 bits per heavy atom. The number of nitrogens with one attached hydrogen (secondary N) is 1. The third kappa shape index (κ3) is 5.59. The van der Waals surface area contributed by atoms with Gasteiger partial charge in [0.15, 0.2) is 11.5 Å². The molecule has 1 fully saturated rings. The van der Waals surface area contributed by atoms with Crippen molar-refractivity contribution in [2.75, 3.05) is 6.54 Å². The molecule has 1 saturated carbocycles. The van der Waals surface area contributed by atoms with Crippen LogP contribution in [0, 0.1) is 5.92 Å². The van der Waals surface area contributed by atoms with Gasteiger partial charge in [-0.15, -0.1) is 0 Å². The number of rotatable bonds is 10. The molecule has 0 atom stereocenters. The van der Waals surface area contributed by atoms with E-state index in [0.29, 0.717) is 43.4 Å². The molecule has 0 saturated heterocycles. The largest absolute Gasteiger partial charge is 0.467 e. The summed E-state index contributed by atoms with van der Waals surface area (Å²) in [6.45, 7) is 1.21. The second-order valence-corrected chi connectivity index (χ2v) is 7.65. The van der Waals surface area contributed by atoms with Gasteiger partial charge in [-0.3, -0.25) is 9.59 Å². The average molecular weight is 407 g/mol. The Kier molecular flexibility index (Phi) is 6.27. The van der Waals surface area contributed by atoms with Crippen LogP contribution in [0.4, 0.5) is 0 Å². The zero-order chi connectivity index (χ0) is 20.8. The molecule has 7 nitrogen and oxygen atoms in total. The first kappa shape index (κ1) is 19.9. The van der Waals surface area contributed by atoms with Crippen molar-refractivity contribution in [2.45, 2.75) is 38.8 Å². The highest BCUT2D eigenvalue weighted by atomic mass is 16.5. The smallest absolute Gasteiger partial charge is 0.273 e.